The average molecular weight is 342 g/mol. The summed E-state index contributed by atoms with van der Waals surface area (Å²) in [7, 11) is 3.41. The molecule has 0 aliphatic heterocycles. The van der Waals surface area contributed by atoms with E-state index in [1.54, 1.807) is 50.1 Å². The number of aryl methyl sites for hydroxylation is 1. The standard InChI is InChI=1S/C19H22N2O2S/c1-14-7-9-17(10-8-14)24-12-11-18(22)20-16-6-4-5-15(13-16)19(23)21(2)3/h4-10,13H,11-12H2,1-3H3,(H,20,22). The number of thioether (sulfide) groups is 1. The lowest BCUT2D eigenvalue weighted by Gasteiger charge is -2.11. The van der Waals surface area contributed by atoms with Gasteiger partial charge in [0, 0.05) is 42.4 Å². The SMILES string of the molecule is Cc1ccc(SCCC(=O)Nc2cccc(C(=O)N(C)C)c2)cc1. The lowest BCUT2D eigenvalue weighted by molar-refractivity contribution is -0.115. The Hall–Kier alpha value is -2.27. The molecule has 0 aliphatic rings. The number of nitrogens with one attached hydrogen (secondary N) is 1. The third-order valence-electron chi connectivity index (χ3n) is 3.42. The molecule has 2 aromatic rings. The van der Waals surface area contributed by atoms with Crippen LogP contribution in [0.15, 0.2) is 53.4 Å². The molecular formula is C19H22N2O2S. The minimum Gasteiger partial charge on any atom is -0.345 e. The Morgan fingerprint density at radius 1 is 1.08 bits per heavy atom. The highest BCUT2D eigenvalue weighted by Crippen LogP contribution is 2.19. The molecule has 0 atom stereocenters. The third-order valence-corrected chi connectivity index (χ3v) is 4.43. The summed E-state index contributed by atoms with van der Waals surface area (Å²) in [5.74, 6) is 0.579. The first-order chi connectivity index (χ1) is 11.5. The lowest BCUT2D eigenvalue weighted by Crippen LogP contribution is -2.22. The molecule has 2 rings (SSSR count). The van der Waals surface area contributed by atoms with Crippen LogP contribution in [-0.4, -0.2) is 36.6 Å². The van der Waals surface area contributed by atoms with E-state index >= 15 is 0 Å². The summed E-state index contributed by atoms with van der Waals surface area (Å²) in [6.45, 7) is 2.05. The van der Waals surface area contributed by atoms with Crippen molar-refractivity contribution in [2.45, 2.75) is 18.2 Å². The molecule has 2 aromatic carbocycles. The molecule has 0 radical (unpaired) electrons. The van der Waals surface area contributed by atoms with Gasteiger partial charge < -0.3 is 10.2 Å². The van der Waals surface area contributed by atoms with Crippen LogP contribution in [0.5, 0.6) is 0 Å². The first kappa shape index (κ1) is 18.1. The van der Waals surface area contributed by atoms with Crippen molar-refractivity contribution in [3.8, 4) is 0 Å². The van der Waals surface area contributed by atoms with Gasteiger partial charge in [0.1, 0.15) is 0 Å². The van der Waals surface area contributed by atoms with E-state index in [2.05, 4.69) is 36.5 Å². The van der Waals surface area contributed by atoms with Crippen molar-refractivity contribution in [2.75, 3.05) is 25.2 Å². The fourth-order valence-corrected chi connectivity index (χ4v) is 2.96. The zero-order chi connectivity index (χ0) is 17.5. The van der Waals surface area contributed by atoms with Crippen LogP contribution >= 0.6 is 11.8 Å². The summed E-state index contributed by atoms with van der Waals surface area (Å²) in [5.41, 5.74) is 2.43. The summed E-state index contributed by atoms with van der Waals surface area (Å²) >= 11 is 1.66. The molecular weight excluding hydrogens is 320 g/mol. The van der Waals surface area contributed by atoms with Gasteiger partial charge in [-0.1, -0.05) is 23.8 Å². The van der Waals surface area contributed by atoms with E-state index in [1.165, 1.54) is 10.5 Å². The quantitative estimate of drug-likeness (QED) is 0.812. The van der Waals surface area contributed by atoms with Crippen LogP contribution in [0.3, 0.4) is 0 Å². The number of nitrogens with zero attached hydrogens (tertiary/aromatic N) is 1. The summed E-state index contributed by atoms with van der Waals surface area (Å²) in [6.07, 6.45) is 0.421. The molecule has 0 unspecified atom stereocenters. The Bertz CT molecular complexity index is 712. The minimum absolute atomic E-state index is 0.0518. The Labute approximate surface area is 147 Å². The predicted molar refractivity (Wildman–Crippen MR) is 99.6 cm³/mol. The van der Waals surface area contributed by atoms with Crippen molar-refractivity contribution in [3.05, 3.63) is 59.7 Å². The molecule has 0 fully saturated rings. The summed E-state index contributed by atoms with van der Waals surface area (Å²) in [5, 5.41) is 2.85. The van der Waals surface area contributed by atoms with E-state index < -0.39 is 0 Å². The predicted octanol–water partition coefficient (Wildman–Crippen LogP) is 3.82. The van der Waals surface area contributed by atoms with Crippen LogP contribution in [-0.2, 0) is 4.79 Å². The van der Waals surface area contributed by atoms with Gasteiger partial charge >= 0.3 is 0 Å². The van der Waals surface area contributed by atoms with E-state index in [0.29, 0.717) is 23.4 Å². The van der Waals surface area contributed by atoms with Gasteiger partial charge in [0.05, 0.1) is 0 Å². The fourth-order valence-electron chi connectivity index (χ4n) is 2.11. The van der Waals surface area contributed by atoms with E-state index in [0.717, 1.165) is 4.90 Å². The Morgan fingerprint density at radius 2 is 1.79 bits per heavy atom. The van der Waals surface area contributed by atoms with Crippen molar-refractivity contribution >= 4 is 29.3 Å². The summed E-state index contributed by atoms with van der Waals surface area (Å²) < 4.78 is 0. The highest BCUT2D eigenvalue weighted by atomic mass is 32.2. The first-order valence-electron chi connectivity index (χ1n) is 7.77. The Kier molecular flexibility index (Phi) is 6.44. The molecule has 126 valence electrons. The number of benzene rings is 2. The number of carbonyl (C=O) groups is 2. The van der Waals surface area contributed by atoms with Crippen molar-refractivity contribution in [2.24, 2.45) is 0 Å². The van der Waals surface area contributed by atoms with Crippen LogP contribution in [0, 0.1) is 6.92 Å². The maximum absolute atomic E-state index is 12.1. The Balaban J connectivity index is 1.85. The van der Waals surface area contributed by atoms with Gasteiger partial charge in [-0.3, -0.25) is 9.59 Å². The van der Waals surface area contributed by atoms with Gasteiger partial charge in [-0.25, -0.2) is 0 Å². The van der Waals surface area contributed by atoms with E-state index in [1.807, 2.05) is 0 Å². The van der Waals surface area contributed by atoms with Crippen LogP contribution in [0.25, 0.3) is 0 Å². The van der Waals surface area contributed by atoms with Crippen LogP contribution in [0.4, 0.5) is 5.69 Å². The molecule has 0 saturated heterocycles. The molecule has 0 spiro atoms. The molecule has 24 heavy (non-hydrogen) atoms. The number of carbonyl (C=O) groups excluding carboxylic acids is 2. The number of anilines is 1. The smallest absolute Gasteiger partial charge is 0.253 e. The van der Waals surface area contributed by atoms with E-state index in [9.17, 15) is 9.59 Å². The van der Waals surface area contributed by atoms with Crippen molar-refractivity contribution in [1.82, 2.24) is 4.90 Å². The lowest BCUT2D eigenvalue weighted by atomic mass is 10.2. The molecule has 2 amide bonds. The van der Waals surface area contributed by atoms with Gasteiger partial charge in [-0.15, -0.1) is 11.8 Å². The monoisotopic (exact) mass is 342 g/mol. The minimum atomic E-state index is -0.0824. The molecule has 5 heteroatoms. The summed E-state index contributed by atoms with van der Waals surface area (Å²) in [6, 6.07) is 15.3. The number of hydrogen-bond acceptors (Lipinski definition) is 3. The number of rotatable bonds is 6. The highest BCUT2D eigenvalue weighted by molar-refractivity contribution is 7.99. The normalized spacial score (nSPS) is 10.3. The number of hydrogen-bond donors (Lipinski definition) is 1. The third kappa shape index (κ3) is 5.42. The fraction of sp³-hybridized carbons (Fsp3) is 0.263. The van der Waals surface area contributed by atoms with E-state index in [4.69, 9.17) is 0 Å². The highest BCUT2D eigenvalue weighted by Gasteiger charge is 2.09. The number of amides is 2. The molecule has 1 N–H and O–H groups in total. The van der Waals surface area contributed by atoms with Crippen LogP contribution in [0.2, 0.25) is 0 Å². The molecule has 0 bridgehead atoms. The van der Waals surface area contributed by atoms with Crippen molar-refractivity contribution < 1.29 is 9.59 Å². The van der Waals surface area contributed by atoms with Gasteiger partial charge in [-0.2, -0.15) is 0 Å². The zero-order valence-corrected chi connectivity index (χ0v) is 15.0. The second-order valence-corrected chi connectivity index (χ2v) is 6.91. The maximum atomic E-state index is 12.1. The molecule has 0 aliphatic carbocycles. The van der Waals surface area contributed by atoms with Gasteiger partial charge in [-0.05, 0) is 37.3 Å². The zero-order valence-electron chi connectivity index (χ0n) is 14.2. The van der Waals surface area contributed by atoms with Crippen LogP contribution in [0.1, 0.15) is 22.3 Å². The van der Waals surface area contributed by atoms with Crippen molar-refractivity contribution in [1.29, 1.82) is 0 Å². The van der Waals surface area contributed by atoms with Gasteiger partial charge in [0.2, 0.25) is 5.91 Å². The Morgan fingerprint density at radius 3 is 2.46 bits per heavy atom. The first-order valence-corrected chi connectivity index (χ1v) is 8.75. The second kappa shape index (κ2) is 8.55. The molecule has 0 saturated carbocycles. The molecule has 4 nitrogen and oxygen atoms in total. The van der Waals surface area contributed by atoms with Crippen molar-refractivity contribution in [3.63, 3.8) is 0 Å². The van der Waals surface area contributed by atoms with Crippen LogP contribution < -0.4 is 5.32 Å². The van der Waals surface area contributed by atoms with Gasteiger partial charge in [0.15, 0.2) is 0 Å². The second-order valence-electron chi connectivity index (χ2n) is 5.74. The van der Waals surface area contributed by atoms with E-state index in [-0.39, 0.29) is 11.8 Å². The average Bonchev–Trinajstić information content (AvgIpc) is 2.56. The largest absolute Gasteiger partial charge is 0.345 e. The molecule has 0 aromatic heterocycles. The topological polar surface area (TPSA) is 49.4 Å². The maximum Gasteiger partial charge on any atom is 0.253 e. The van der Waals surface area contributed by atoms with Gasteiger partial charge in [0.25, 0.3) is 5.91 Å². The summed E-state index contributed by atoms with van der Waals surface area (Å²) in [4.78, 5) is 26.7. The molecule has 0 heterocycles.